The Morgan fingerprint density at radius 1 is 1.37 bits per heavy atom. The summed E-state index contributed by atoms with van der Waals surface area (Å²) in [5.41, 5.74) is 5.51. The van der Waals surface area contributed by atoms with Gasteiger partial charge >= 0.3 is 0 Å². The van der Waals surface area contributed by atoms with Crippen LogP contribution in [0.2, 0.25) is 0 Å². The van der Waals surface area contributed by atoms with E-state index in [9.17, 15) is 4.79 Å². The van der Waals surface area contributed by atoms with Crippen LogP contribution >= 0.6 is 12.2 Å². The Morgan fingerprint density at radius 3 is 2.74 bits per heavy atom. The molecule has 1 aromatic rings. The van der Waals surface area contributed by atoms with Crippen LogP contribution in [0.1, 0.15) is 49.6 Å². The molecule has 4 nitrogen and oxygen atoms in total. The first-order valence-corrected chi connectivity index (χ1v) is 7.17. The number of thiocarbonyl (C=S) groups is 1. The molecule has 1 aromatic heterocycles. The molecule has 0 aliphatic carbocycles. The van der Waals surface area contributed by atoms with E-state index in [0.29, 0.717) is 23.7 Å². The number of amides is 1. The molecule has 0 fully saturated rings. The molecule has 0 unspecified atom stereocenters. The third kappa shape index (κ3) is 5.87. The highest BCUT2D eigenvalue weighted by molar-refractivity contribution is 7.80. The standard InChI is InChI=1S/C14H22N2O2S/c1-2-3-4-5-9-16(10-8-13(15)19)14(17)12-7-6-11-18-12/h6-7,11H,2-5,8-10H2,1H3,(H2,15,19). The molecule has 0 aliphatic heterocycles. The number of nitrogens with two attached hydrogens (primary N) is 1. The summed E-state index contributed by atoms with van der Waals surface area (Å²) < 4.78 is 5.16. The van der Waals surface area contributed by atoms with Crippen molar-refractivity contribution in [2.24, 2.45) is 5.73 Å². The third-order valence-electron chi connectivity index (χ3n) is 2.93. The topological polar surface area (TPSA) is 59.5 Å². The molecular weight excluding hydrogens is 260 g/mol. The van der Waals surface area contributed by atoms with Gasteiger partial charge in [-0.3, -0.25) is 4.79 Å². The van der Waals surface area contributed by atoms with Crippen LogP contribution in [0.15, 0.2) is 22.8 Å². The zero-order valence-electron chi connectivity index (χ0n) is 11.4. The zero-order chi connectivity index (χ0) is 14.1. The molecule has 5 heteroatoms. The summed E-state index contributed by atoms with van der Waals surface area (Å²) >= 11 is 4.87. The lowest BCUT2D eigenvalue weighted by Crippen LogP contribution is -2.34. The van der Waals surface area contributed by atoms with Crippen molar-refractivity contribution >= 4 is 23.1 Å². The van der Waals surface area contributed by atoms with Crippen LogP contribution in [0.3, 0.4) is 0 Å². The molecular formula is C14H22N2O2S. The molecule has 0 spiro atoms. The molecule has 1 heterocycles. The van der Waals surface area contributed by atoms with E-state index >= 15 is 0 Å². The van der Waals surface area contributed by atoms with Crippen LogP contribution < -0.4 is 5.73 Å². The van der Waals surface area contributed by atoms with E-state index in [-0.39, 0.29) is 5.91 Å². The van der Waals surface area contributed by atoms with E-state index in [4.69, 9.17) is 22.4 Å². The fourth-order valence-corrected chi connectivity index (χ4v) is 1.94. The lowest BCUT2D eigenvalue weighted by molar-refractivity contribution is 0.0725. The van der Waals surface area contributed by atoms with Crippen molar-refractivity contribution in [2.75, 3.05) is 13.1 Å². The summed E-state index contributed by atoms with van der Waals surface area (Å²) in [4.78, 5) is 14.4. The Kier molecular flexibility index (Phi) is 7.18. The van der Waals surface area contributed by atoms with Gasteiger partial charge in [-0.05, 0) is 18.6 Å². The predicted molar refractivity (Wildman–Crippen MR) is 80.2 cm³/mol. The number of hydrogen-bond donors (Lipinski definition) is 1. The van der Waals surface area contributed by atoms with Crippen molar-refractivity contribution < 1.29 is 9.21 Å². The van der Waals surface area contributed by atoms with Gasteiger partial charge in [0.1, 0.15) is 0 Å². The summed E-state index contributed by atoms with van der Waals surface area (Å²) in [5, 5.41) is 0. The van der Waals surface area contributed by atoms with Crippen molar-refractivity contribution in [3.63, 3.8) is 0 Å². The maximum absolute atomic E-state index is 12.2. The summed E-state index contributed by atoms with van der Waals surface area (Å²) in [6.07, 6.45) is 6.56. The Balaban J connectivity index is 2.52. The van der Waals surface area contributed by atoms with Gasteiger partial charge in [-0.15, -0.1) is 0 Å². The van der Waals surface area contributed by atoms with Crippen molar-refractivity contribution in [1.82, 2.24) is 4.90 Å². The number of carbonyl (C=O) groups excluding carboxylic acids is 1. The molecule has 19 heavy (non-hydrogen) atoms. The van der Waals surface area contributed by atoms with E-state index < -0.39 is 0 Å². The van der Waals surface area contributed by atoms with Gasteiger partial charge in [-0.25, -0.2) is 0 Å². The van der Waals surface area contributed by atoms with Crippen LogP contribution in [-0.2, 0) is 0 Å². The van der Waals surface area contributed by atoms with Gasteiger partial charge in [0.15, 0.2) is 5.76 Å². The second kappa shape index (κ2) is 8.69. The van der Waals surface area contributed by atoms with Crippen LogP contribution in [0.25, 0.3) is 0 Å². The van der Waals surface area contributed by atoms with Gasteiger partial charge in [-0.2, -0.15) is 0 Å². The number of hydrogen-bond acceptors (Lipinski definition) is 3. The van der Waals surface area contributed by atoms with Gasteiger partial charge in [-0.1, -0.05) is 38.4 Å². The third-order valence-corrected chi connectivity index (χ3v) is 3.13. The minimum Gasteiger partial charge on any atom is -0.459 e. The van der Waals surface area contributed by atoms with E-state index in [1.807, 2.05) is 0 Å². The van der Waals surface area contributed by atoms with E-state index in [0.717, 1.165) is 19.4 Å². The molecule has 0 radical (unpaired) electrons. The maximum Gasteiger partial charge on any atom is 0.289 e. The molecule has 1 amide bonds. The van der Waals surface area contributed by atoms with Gasteiger partial charge in [0.05, 0.1) is 11.3 Å². The highest BCUT2D eigenvalue weighted by Crippen LogP contribution is 2.09. The average molecular weight is 282 g/mol. The number of furan rings is 1. The number of carbonyl (C=O) groups is 1. The first-order valence-electron chi connectivity index (χ1n) is 6.76. The Bertz CT molecular complexity index is 390. The SMILES string of the molecule is CCCCCCN(CCC(N)=S)C(=O)c1ccco1. The molecule has 106 valence electrons. The fourth-order valence-electron chi connectivity index (χ4n) is 1.85. The minimum absolute atomic E-state index is 0.0854. The molecule has 0 saturated carbocycles. The Labute approximate surface area is 119 Å². The molecule has 0 aromatic carbocycles. The summed E-state index contributed by atoms with van der Waals surface area (Å²) in [6, 6.07) is 3.40. The first-order chi connectivity index (χ1) is 9.15. The van der Waals surface area contributed by atoms with Crippen LogP contribution in [0, 0.1) is 0 Å². The summed E-state index contributed by atoms with van der Waals surface area (Å²) in [6.45, 7) is 3.45. The molecule has 1 rings (SSSR count). The Hall–Kier alpha value is -1.36. The molecule has 2 N–H and O–H groups in total. The second-order valence-electron chi connectivity index (χ2n) is 4.55. The van der Waals surface area contributed by atoms with Gasteiger partial charge < -0.3 is 15.1 Å². The lowest BCUT2D eigenvalue weighted by Gasteiger charge is -2.21. The quantitative estimate of drug-likeness (QED) is 0.559. The summed E-state index contributed by atoms with van der Waals surface area (Å²) in [7, 11) is 0. The van der Waals surface area contributed by atoms with Crippen LogP contribution in [0.4, 0.5) is 0 Å². The van der Waals surface area contributed by atoms with E-state index in [2.05, 4.69) is 6.92 Å². The van der Waals surface area contributed by atoms with Gasteiger partial charge in [0.25, 0.3) is 5.91 Å². The number of nitrogens with zero attached hydrogens (tertiary/aromatic N) is 1. The van der Waals surface area contributed by atoms with Crippen molar-refractivity contribution in [3.8, 4) is 0 Å². The molecule has 0 aliphatic rings. The van der Waals surface area contributed by atoms with Crippen molar-refractivity contribution in [3.05, 3.63) is 24.2 Å². The largest absolute Gasteiger partial charge is 0.459 e. The Morgan fingerprint density at radius 2 is 2.16 bits per heavy atom. The van der Waals surface area contributed by atoms with E-state index in [1.54, 1.807) is 17.0 Å². The monoisotopic (exact) mass is 282 g/mol. The smallest absolute Gasteiger partial charge is 0.289 e. The zero-order valence-corrected chi connectivity index (χ0v) is 12.2. The molecule has 0 atom stereocenters. The summed E-state index contributed by atoms with van der Waals surface area (Å²) in [5.74, 6) is 0.288. The highest BCUT2D eigenvalue weighted by Gasteiger charge is 2.17. The van der Waals surface area contributed by atoms with Gasteiger partial charge in [0, 0.05) is 19.5 Å². The average Bonchev–Trinajstić information content (AvgIpc) is 2.90. The van der Waals surface area contributed by atoms with Crippen molar-refractivity contribution in [2.45, 2.75) is 39.0 Å². The van der Waals surface area contributed by atoms with Crippen LogP contribution in [-0.4, -0.2) is 28.9 Å². The molecule has 0 saturated heterocycles. The lowest BCUT2D eigenvalue weighted by atomic mass is 10.2. The number of unbranched alkanes of at least 4 members (excludes halogenated alkanes) is 3. The fraction of sp³-hybridized carbons (Fsp3) is 0.571. The normalized spacial score (nSPS) is 10.4. The second-order valence-corrected chi connectivity index (χ2v) is 5.07. The van der Waals surface area contributed by atoms with Crippen LogP contribution in [0.5, 0.6) is 0 Å². The molecule has 0 bridgehead atoms. The number of rotatable bonds is 9. The van der Waals surface area contributed by atoms with Crippen molar-refractivity contribution in [1.29, 1.82) is 0 Å². The highest BCUT2D eigenvalue weighted by atomic mass is 32.1. The predicted octanol–water partition coefficient (Wildman–Crippen LogP) is 2.98. The van der Waals surface area contributed by atoms with Gasteiger partial charge in [0.2, 0.25) is 0 Å². The maximum atomic E-state index is 12.2. The van der Waals surface area contributed by atoms with E-state index in [1.165, 1.54) is 19.1 Å². The first kappa shape index (κ1) is 15.7. The minimum atomic E-state index is -0.0854.